The third-order valence-corrected chi connectivity index (χ3v) is 3.13. The highest BCUT2D eigenvalue weighted by Gasteiger charge is 2.07. The Bertz CT molecular complexity index is 61.9. The molecule has 2 unspecified atom stereocenters. The Hall–Kier alpha value is 0.350. The van der Waals surface area contributed by atoms with Crippen LogP contribution in [0.15, 0.2) is 0 Å². The largest absolute Gasteiger partial charge is 0.162 e. The van der Waals surface area contributed by atoms with E-state index < -0.39 is 0 Å². The minimum atomic E-state index is 0.838. The molecular weight excluding hydrogens is 152 g/mol. The second-order valence-electron chi connectivity index (χ2n) is 2.71. The topological polar surface area (TPSA) is 0 Å². The van der Waals surface area contributed by atoms with Gasteiger partial charge in [-0.05, 0) is 18.6 Å². The summed E-state index contributed by atoms with van der Waals surface area (Å²) in [5.41, 5.74) is 0. The molecule has 0 amide bonds. The predicted octanol–water partition coefficient (Wildman–Crippen LogP) is 4.20. The lowest BCUT2D eigenvalue weighted by Gasteiger charge is -2.15. The molecule has 0 nitrogen and oxygen atoms in total. The summed E-state index contributed by atoms with van der Waals surface area (Å²) in [6, 6.07) is 0. The molecule has 0 aromatic carbocycles. The second-order valence-corrected chi connectivity index (χ2v) is 3.92. The van der Waals surface area contributed by atoms with Gasteiger partial charge in [0, 0.05) is 5.25 Å². The molecule has 0 saturated carbocycles. The van der Waals surface area contributed by atoms with Crippen molar-refractivity contribution in [1.29, 1.82) is 0 Å². The molecule has 0 radical (unpaired) electrons. The molecule has 0 heterocycles. The Morgan fingerprint density at radius 1 is 1.18 bits per heavy atom. The van der Waals surface area contributed by atoms with Gasteiger partial charge in [0.25, 0.3) is 0 Å². The van der Waals surface area contributed by atoms with E-state index >= 15 is 0 Å². The van der Waals surface area contributed by atoms with Gasteiger partial charge in [-0.15, -0.1) is 0 Å². The first-order chi connectivity index (χ1) is 5.22. The van der Waals surface area contributed by atoms with Gasteiger partial charge in [0.15, 0.2) is 0 Å². The maximum Gasteiger partial charge on any atom is 0.00415 e. The fourth-order valence-corrected chi connectivity index (χ4v) is 1.52. The SMILES string of the molecule is CC.CCCC(C)C(C)SC. The minimum absolute atomic E-state index is 0.838. The summed E-state index contributed by atoms with van der Waals surface area (Å²) in [5.74, 6) is 0.894. The van der Waals surface area contributed by atoms with E-state index in [1.807, 2.05) is 25.6 Å². The molecule has 0 aliphatic carbocycles. The highest BCUT2D eigenvalue weighted by molar-refractivity contribution is 7.99. The second kappa shape index (κ2) is 10.3. The van der Waals surface area contributed by atoms with Crippen LogP contribution in [0.5, 0.6) is 0 Å². The van der Waals surface area contributed by atoms with Crippen LogP contribution in [0.4, 0.5) is 0 Å². The molecule has 70 valence electrons. The molecule has 0 aliphatic heterocycles. The van der Waals surface area contributed by atoms with E-state index in [1.54, 1.807) is 0 Å². The van der Waals surface area contributed by atoms with Crippen LogP contribution in [0.3, 0.4) is 0 Å². The molecule has 0 aromatic rings. The van der Waals surface area contributed by atoms with Crippen LogP contribution in [-0.2, 0) is 0 Å². The van der Waals surface area contributed by atoms with E-state index in [2.05, 4.69) is 27.0 Å². The van der Waals surface area contributed by atoms with Crippen molar-refractivity contribution in [2.45, 2.75) is 52.7 Å². The lowest BCUT2D eigenvalue weighted by Crippen LogP contribution is -2.08. The van der Waals surface area contributed by atoms with Crippen molar-refractivity contribution in [1.82, 2.24) is 0 Å². The zero-order chi connectivity index (χ0) is 9.28. The van der Waals surface area contributed by atoms with Gasteiger partial charge in [-0.1, -0.05) is 41.0 Å². The quantitative estimate of drug-likeness (QED) is 0.618. The molecule has 1 heteroatoms. The van der Waals surface area contributed by atoms with Gasteiger partial charge in [0.1, 0.15) is 0 Å². The Balaban J connectivity index is 0. The van der Waals surface area contributed by atoms with Crippen molar-refractivity contribution in [3.63, 3.8) is 0 Å². The fourth-order valence-electron chi connectivity index (χ4n) is 0.922. The Kier molecular flexibility index (Phi) is 13.1. The summed E-state index contributed by atoms with van der Waals surface area (Å²) in [6.07, 6.45) is 4.89. The first-order valence-corrected chi connectivity index (χ1v) is 6.04. The Morgan fingerprint density at radius 2 is 1.64 bits per heavy atom. The van der Waals surface area contributed by atoms with Gasteiger partial charge in [-0.3, -0.25) is 0 Å². The summed E-state index contributed by atoms with van der Waals surface area (Å²) < 4.78 is 0. The molecule has 0 rings (SSSR count). The van der Waals surface area contributed by atoms with Gasteiger partial charge in [0.05, 0.1) is 0 Å². The normalized spacial score (nSPS) is 14.7. The van der Waals surface area contributed by atoms with Gasteiger partial charge >= 0.3 is 0 Å². The predicted molar refractivity (Wildman–Crippen MR) is 58.4 cm³/mol. The highest BCUT2D eigenvalue weighted by atomic mass is 32.2. The molecule has 11 heavy (non-hydrogen) atoms. The molecular formula is C10H24S. The molecule has 0 aliphatic rings. The van der Waals surface area contributed by atoms with Gasteiger partial charge in [0.2, 0.25) is 0 Å². The van der Waals surface area contributed by atoms with Crippen LogP contribution in [-0.4, -0.2) is 11.5 Å². The average molecular weight is 176 g/mol. The fraction of sp³-hybridized carbons (Fsp3) is 1.00. The number of hydrogen-bond donors (Lipinski definition) is 0. The van der Waals surface area contributed by atoms with E-state index in [0.29, 0.717) is 0 Å². The van der Waals surface area contributed by atoms with Crippen LogP contribution >= 0.6 is 11.8 Å². The monoisotopic (exact) mass is 176 g/mol. The van der Waals surface area contributed by atoms with E-state index in [0.717, 1.165) is 11.2 Å². The Morgan fingerprint density at radius 3 is 1.91 bits per heavy atom. The molecule has 0 N–H and O–H groups in total. The summed E-state index contributed by atoms with van der Waals surface area (Å²) in [5, 5.41) is 0.838. The van der Waals surface area contributed by atoms with Crippen LogP contribution in [0, 0.1) is 5.92 Å². The number of hydrogen-bond acceptors (Lipinski definition) is 1. The lowest BCUT2D eigenvalue weighted by molar-refractivity contribution is 0.521. The molecule has 0 saturated heterocycles. The molecule has 2 atom stereocenters. The Labute approximate surface area is 77.2 Å². The zero-order valence-corrected chi connectivity index (χ0v) is 9.79. The van der Waals surface area contributed by atoms with Crippen LogP contribution in [0.1, 0.15) is 47.5 Å². The highest BCUT2D eigenvalue weighted by Crippen LogP contribution is 2.19. The van der Waals surface area contributed by atoms with Crippen LogP contribution in [0.2, 0.25) is 0 Å². The first kappa shape index (κ1) is 13.9. The summed E-state index contributed by atoms with van der Waals surface area (Å²) in [4.78, 5) is 0. The van der Waals surface area contributed by atoms with E-state index in [1.165, 1.54) is 12.8 Å². The molecule has 0 bridgehead atoms. The van der Waals surface area contributed by atoms with Crippen molar-refractivity contribution in [2.75, 3.05) is 6.26 Å². The molecule has 0 aromatic heterocycles. The van der Waals surface area contributed by atoms with Crippen molar-refractivity contribution in [3.8, 4) is 0 Å². The summed E-state index contributed by atoms with van der Waals surface area (Å²) in [6.45, 7) is 10.9. The lowest BCUT2D eigenvalue weighted by atomic mass is 10.0. The average Bonchev–Trinajstić information content (AvgIpc) is 2.07. The number of rotatable bonds is 4. The molecule has 0 fully saturated rings. The van der Waals surface area contributed by atoms with Crippen LogP contribution < -0.4 is 0 Å². The smallest absolute Gasteiger partial charge is 0.00415 e. The summed E-state index contributed by atoms with van der Waals surface area (Å²) in [7, 11) is 0. The maximum atomic E-state index is 2.34. The first-order valence-electron chi connectivity index (χ1n) is 4.75. The van der Waals surface area contributed by atoms with E-state index in [4.69, 9.17) is 0 Å². The van der Waals surface area contributed by atoms with Crippen molar-refractivity contribution in [3.05, 3.63) is 0 Å². The third kappa shape index (κ3) is 8.25. The van der Waals surface area contributed by atoms with Crippen LogP contribution in [0.25, 0.3) is 0 Å². The zero-order valence-electron chi connectivity index (χ0n) is 8.98. The number of thioether (sulfide) groups is 1. The van der Waals surface area contributed by atoms with Gasteiger partial charge in [-0.2, -0.15) is 11.8 Å². The third-order valence-electron chi connectivity index (χ3n) is 1.92. The van der Waals surface area contributed by atoms with Crippen molar-refractivity contribution >= 4 is 11.8 Å². The van der Waals surface area contributed by atoms with Crippen molar-refractivity contribution < 1.29 is 0 Å². The minimum Gasteiger partial charge on any atom is -0.162 e. The standard InChI is InChI=1S/C8H18S.C2H6/c1-5-6-7(2)8(3)9-4;1-2/h7-8H,5-6H2,1-4H3;1-2H3. The van der Waals surface area contributed by atoms with Gasteiger partial charge < -0.3 is 0 Å². The molecule has 0 spiro atoms. The maximum absolute atomic E-state index is 2.34. The van der Waals surface area contributed by atoms with E-state index in [-0.39, 0.29) is 0 Å². The van der Waals surface area contributed by atoms with Crippen molar-refractivity contribution in [2.24, 2.45) is 5.92 Å². The van der Waals surface area contributed by atoms with Gasteiger partial charge in [-0.25, -0.2) is 0 Å². The van der Waals surface area contributed by atoms with E-state index in [9.17, 15) is 0 Å². The summed E-state index contributed by atoms with van der Waals surface area (Å²) >= 11 is 1.97.